The number of carbonyl (C=O) groups is 2. The van der Waals surface area contributed by atoms with Gasteiger partial charge >= 0.3 is 0 Å². The van der Waals surface area contributed by atoms with Gasteiger partial charge in [-0.15, -0.1) is 0 Å². The summed E-state index contributed by atoms with van der Waals surface area (Å²) in [5.41, 5.74) is 1.07. The van der Waals surface area contributed by atoms with Crippen LogP contribution in [0.5, 0.6) is 0 Å². The zero-order valence-corrected chi connectivity index (χ0v) is 10.3. The number of anilines is 1. The van der Waals surface area contributed by atoms with E-state index in [0.29, 0.717) is 16.3 Å². The zero-order valence-electron chi connectivity index (χ0n) is 9.50. The molecule has 0 unspecified atom stereocenters. The largest absolute Gasteiger partial charge is 0.326 e. The second kappa shape index (κ2) is 5.12. The average molecular weight is 240 g/mol. The molecular formula is C12H14ClNO2. The van der Waals surface area contributed by atoms with E-state index in [1.807, 2.05) is 0 Å². The van der Waals surface area contributed by atoms with Gasteiger partial charge in [-0.25, -0.2) is 0 Å². The Hall–Kier alpha value is -1.35. The van der Waals surface area contributed by atoms with Gasteiger partial charge in [0.1, 0.15) is 0 Å². The maximum atomic E-state index is 11.4. The molecule has 4 heteroatoms. The van der Waals surface area contributed by atoms with Gasteiger partial charge in [-0.2, -0.15) is 0 Å². The fraction of sp³-hybridized carbons (Fsp3) is 0.333. The number of benzene rings is 1. The topological polar surface area (TPSA) is 46.2 Å². The minimum absolute atomic E-state index is 0.0772. The van der Waals surface area contributed by atoms with Gasteiger partial charge in [0.15, 0.2) is 5.78 Å². The number of halogens is 1. The number of nitrogens with one attached hydrogen (secondary N) is 1. The maximum Gasteiger partial charge on any atom is 0.226 e. The third-order valence-electron chi connectivity index (χ3n) is 2.14. The molecule has 16 heavy (non-hydrogen) atoms. The van der Waals surface area contributed by atoms with E-state index in [-0.39, 0.29) is 17.6 Å². The van der Waals surface area contributed by atoms with Crippen molar-refractivity contribution in [2.24, 2.45) is 5.92 Å². The van der Waals surface area contributed by atoms with Crippen LogP contribution < -0.4 is 5.32 Å². The number of ketones is 1. The molecule has 0 radical (unpaired) electrons. The molecule has 1 aromatic carbocycles. The van der Waals surface area contributed by atoms with Crippen LogP contribution in [-0.2, 0) is 4.79 Å². The molecule has 1 amide bonds. The molecule has 3 nitrogen and oxygen atoms in total. The van der Waals surface area contributed by atoms with E-state index in [0.717, 1.165) is 0 Å². The summed E-state index contributed by atoms with van der Waals surface area (Å²) in [7, 11) is 0. The van der Waals surface area contributed by atoms with Gasteiger partial charge in [-0.3, -0.25) is 9.59 Å². The van der Waals surface area contributed by atoms with Crippen molar-refractivity contribution < 1.29 is 9.59 Å². The number of hydrogen-bond acceptors (Lipinski definition) is 2. The summed E-state index contributed by atoms with van der Waals surface area (Å²) in [6, 6.07) is 4.86. The fourth-order valence-corrected chi connectivity index (χ4v) is 1.48. The summed E-state index contributed by atoms with van der Waals surface area (Å²) >= 11 is 5.92. The fourth-order valence-electron chi connectivity index (χ4n) is 1.16. The number of amides is 1. The van der Waals surface area contributed by atoms with Crippen molar-refractivity contribution in [2.45, 2.75) is 20.8 Å². The van der Waals surface area contributed by atoms with E-state index >= 15 is 0 Å². The van der Waals surface area contributed by atoms with Crippen molar-refractivity contribution in [2.75, 3.05) is 5.32 Å². The van der Waals surface area contributed by atoms with E-state index in [2.05, 4.69) is 5.32 Å². The lowest BCUT2D eigenvalue weighted by atomic mass is 10.1. The molecule has 1 aromatic rings. The first-order valence-corrected chi connectivity index (χ1v) is 5.41. The smallest absolute Gasteiger partial charge is 0.226 e. The van der Waals surface area contributed by atoms with Gasteiger partial charge in [0.05, 0.1) is 5.02 Å². The van der Waals surface area contributed by atoms with Gasteiger partial charge in [0.2, 0.25) is 5.91 Å². The summed E-state index contributed by atoms with van der Waals surface area (Å²) in [5, 5.41) is 3.07. The lowest BCUT2D eigenvalue weighted by Gasteiger charge is -2.09. The molecule has 1 N–H and O–H groups in total. The Bertz CT molecular complexity index is 427. The highest BCUT2D eigenvalue weighted by Gasteiger charge is 2.10. The predicted molar refractivity (Wildman–Crippen MR) is 64.9 cm³/mol. The van der Waals surface area contributed by atoms with E-state index in [1.165, 1.54) is 6.92 Å². The van der Waals surface area contributed by atoms with Crippen LogP contribution in [0.25, 0.3) is 0 Å². The standard InChI is InChI=1S/C12H14ClNO2/c1-7(2)12(16)14-9-4-5-10(8(3)15)11(13)6-9/h4-7H,1-3H3,(H,14,16). The Labute approximate surface area is 99.8 Å². The van der Waals surface area contributed by atoms with Gasteiger partial charge < -0.3 is 5.32 Å². The lowest BCUT2D eigenvalue weighted by Crippen LogP contribution is -2.17. The monoisotopic (exact) mass is 239 g/mol. The second-order valence-electron chi connectivity index (χ2n) is 3.89. The average Bonchev–Trinajstić information content (AvgIpc) is 2.16. The first-order chi connectivity index (χ1) is 7.41. The summed E-state index contributed by atoms with van der Waals surface area (Å²) < 4.78 is 0. The van der Waals surface area contributed by atoms with Gasteiger partial charge in [0, 0.05) is 17.2 Å². The third-order valence-corrected chi connectivity index (χ3v) is 2.45. The molecule has 0 atom stereocenters. The van der Waals surface area contributed by atoms with Gasteiger partial charge in [0.25, 0.3) is 0 Å². The number of rotatable bonds is 3. The third kappa shape index (κ3) is 3.07. The molecule has 86 valence electrons. The number of carbonyl (C=O) groups excluding carboxylic acids is 2. The summed E-state index contributed by atoms with van der Waals surface area (Å²) in [5.74, 6) is -0.260. The van der Waals surface area contributed by atoms with Crippen molar-refractivity contribution in [1.82, 2.24) is 0 Å². The van der Waals surface area contributed by atoms with Gasteiger partial charge in [-0.05, 0) is 25.1 Å². The van der Waals surface area contributed by atoms with Gasteiger partial charge in [-0.1, -0.05) is 25.4 Å². The SMILES string of the molecule is CC(=O)c1ccc(NC(=O)C(C)C)cc1Cl. The van der Waals surface area contributed by atoms with Crippen LogP contribution >= 0.6 is 11.6 Å². The zero-order chi connectivity index (χ0) is 12.3. The number of Topliss-reactive ketones (excluding diaryl/α,β-unsaturated/α-hetero) is 1. The molecule has 0 saturated heterocycles. The molecule has 0 bridgehead atoms. The molecule has 0 heterocycles. The van der Waals surface area contributed by atoms with Crippen LogP contribution in [0.3, 0.4) is 0 Å². The Balaban J connectivity index is 2.90. The van der Waals surface area contributed by atoms with Crippen molar-refractivity contribution in [1.29, 1.82) is 0 Å². The highest BCUT2D eigenvalue weighted by molar-refractivity contribution is 6.34. The van der Waals surface area contributed by atoms with Crippen molar-refractivity contribution in [3.05, 3.63) is 28.8 Å². The molecule has 0 saturated carbocycles. The molecule has 0 aliphatic rings. The van der Waals surface area contributed by atoms with Crippen molar-refractivity contribution in [3.63, 3.8) is 0 Å². The quantitative estimate of drug-likeness (QED) is 0.824. The van der Waals surface area contributed by atoms with E-state index < -0.39 is 0 Å². The summed E-state index contributed by atoms with van der Waals surface area (Å²) in [4.78, 5) is 22.6. The van der Waals surface area contributed by atoms with Crippen LogP contribution in [0.2, 0.25) is 5.02 Å². The maximum absolute atomic E-state index is 11.4. The Kier molecular flexibility index (Phi) is 4.07. The molecule has 0 aliphatic carbocycles. The Morgan fingerprint density at radius 2 is 1.94 bits per heavy atom. The van der Waals surface area contributed by atoms with E-state index in [4.69, 9.17) is 11.6 Å². The molecule has 0 fully saturated rings. The second-order valence-corrected chi connectivity index (χ2v) is 4.30. The summed E-state index contributed by atoms with van der Waals surface area (Å²) in [6.45, 7) is 5.06. The summed E-state index contributed by atoms with van der Waals surface area (Å²) in [6.07, 6.45) is 0. The molecule has 1 rings (SSSR count). The minimum Gasteiger partial charge on any atom is -0.326 e. The first kappa shape index (κ1) is 12.7. The van der Waals surface area contributed by atoms with Crippen molar-refractivity contribution in [3.8, 4) is 0 Å². The van der Waals surface area contributed by atoms with Crippen LogP contribution in [0.15, 0.2) is 18.2 Å². The molecule has 0 aromatic heterocycles. The highest BCUT2D eigenvalue weighted by Crippen LogP contribution is 2.21. The Morgan fingerprint density at radius 1 is 1.31 bits per heavy atom. The molecule has 0 spiro atoms. The van der Waals surface area contributed by atoms with Crippen molar-refractivity contribution >= 4 is 29.0 Å². The highest BCUT2D eigenvalue weighted by atomic mass is 35.5. The Morgan fingerprint density at radius 3 is 2.38 bits per heavy atom. The molecular weight excluding hydrogens is 226 g/mol. The lowest BCUT2D eigenvalue weighted by molar-refractivity contribution is -0.118. The number of hydrogen-bond donors (Lipinski definition) is 1. The minimum atomic E-state index is -0.0914. The van der Waals surface area contributed by atoms with Crippen LogP contribution in [0.1, 0.15) is 31.1 Å². The van der Waals surface area contributed by atoms with Crippen LogP contribution in [0.4, 0.5) is 5.69 Å². The van der Waals surface area contributed by atoms with E-state index in [1.54, 1.807) is 32.0 Å². The first-order valence-electron chi connectivity index (χ1n) is 5.03. The van der Waals surface area contributed by atoms with Crippen LogP contribution in [-0.4, -0.2) is 11.7 Å². The molecule has 0 aliphatic heterocycles. The van der Waals surface area contributed by atoms with E-state index in [9.17, 15) is 9.59 Å². The van der Waals surface area contributed by atoms with Crippen LogP contribution in [0, 0.1) is 5.92 Å². The predicted octanol–water partition coefficient (Wildman–Crippen LogP) is 3.14. The normalized spacial score (nSPS) is 10.3.